The summed E-state index contributed by atoms with van der Waals surface area (Å²) in [6.07, 6.45) is 0. The Hall–Kier alpha value is 0.130. The average Bonchev–Trinajstić information content (AvgIpc) is 1.86. The molecule has 3 nitrogen and oxygen atoms in total. The Kier molecular flexibility index (Phi) is 4.15. The summed E-state index contributed by atoms with van der Waals surface area (Å²) >= 11 is 5.21. The van der Waals surface area contributed by atoms with Crippen LogP contribution in [0, 0.1) is 0 Å². The number of rotatable bonds is 4. The summed E-state index contributed by atoms with van der Waals surface area (Å²) in [5.41, 5.74) is 0. The third-order valence-corrected chi connectivity index (χ3v) is 3.29. The SMILES string of the molecule is CCN(Cl)S(=O)(=O)CCF. The van der Waals surface area contributed by atoms with Crippen molar-refractivity contribution in [2.75, 3.05) is 19.0 Å². The average molecular weight is 190 g/mol. The molecule has 0 N–H and O–H groups in total. The van der Waals surface area contributed by atoms with Crippen LogP contribution in [0.4, 0.5) is 4.39 Å². The van der Waals surface area contributed by atoms with Crippen molar-refractivity contribution in [3.8, 4) is 0 Å². The molecule has 10 heavy (non-hydrogen) atoms. The van der Waals surface area contributed by atoms with Gasteiger partial charge in [-0.1, -0.05) is 0 Å². The van der Waals surface area contributed by atoms with Crippen LogP contribution in [0.25, 0.3) is 0 Å². The zero-order chi connectivity index (χ0) is 8.20. The highest BCUT2D eigenvalue weighted by Gasteiger charge is 2.16. The molecule has 0 amide bonds. The number of sulfonamides is 1. The summed E-state index contributed by atoms with van der Waals surface area (Å²) in [7, 11) is -3.54. The van der Waals surface area contributed by atoms with Crippen LogP contribution in [0.3, 0.4) is 0 Å². The highest BCUT2D eigenvalue weighted by atomic mass is 35.5. The molecule has 0 saturated carbocycles. The Bertz CT molecular complexity index is 182. The van der Waals surface area contributed by atoms with E-state index in [1.165, 1.54) is 0 Å². The van der Waals surface area contributed by atoms with E-state index in [1.54, 1.807) is 6.92 Å². The van der Waals surface area contributed by atoms with Gasteiger partial charge in [-0.25, -0.2) is 12.8 Å². The van der Waals surface area contributed by atoms with Crippen LogP contribution < -0.4 is 0 Å². The van der Waals surface area contributed by atoms with Gasteiger partial charge < -0.3 is 0 Å². The normalized spacial score (nSPS) is 12.4. The van der Waals surface area contributed by atoms with Crippen molar-refractivity contribution in [3.05, 3.63) is 0 Å². The molecule has 0 radical (unpaired) electrons. The van der Waals surface area contributed by atoms with Gasteiger partial charge in [0.25, 0.3) is 0 Å². The van der Waals surface area contributed by atoms with Gasteiger partial charge in [0.05, 0.1) is 5.75 Å². The third kappa shape index (κ3) is 2.81. The fraction of sp³-hybridized carbons (Fsp3) is 1.00. The van der Waals surface area contributed by atoms with Crippen LogP contribution in [0.5, 0.6) is 0 Å². The van der Waals surface area contributed by atoms with E-state index >= 15 is 0 Å². The van der Waals surface area contributed by atoms with E-state index in [0.717, 1.165) is 0 Å². The number of nitrogens with zero attached hydrogens (tertiary/aromatic N) is 1. The van der Waals surface area contributed by atoms with Gasteiger partial charge in [0.2, 0.25) is 10.0 Å². The second-order valence-corrected chi connectivity index (χ2v) is 4.23. The molecule has 0 unspecified atom stereocenters. The van der Waals surface area contributed by atoms with E-state index in [0.29, 0.717) is 3.82 Å². The lowest BCUT2D eigenvalue weighted by Crippen LogP contribution is -2.25. The lowest BCUT2D eigenvalue weighted by atomic mass is 10.8. The Labute approximate surface area is 64.9 Å². The summed E-state index contributed by atoms with van der Waals surface area (Å²) in [5.74, 6) is -0.537. The zero-order valence-electron chi connectivity index (χ0n) is 5.55. The number of hydrogen-bond donors (Lipinski definition) is 0. The molecule has 0 bridgehead atoms. The van der Waals surface area contributed by atoms with Crippen molar-refractivity contribution in [3.63, 3.8) is 0 Å². The molecule has 0 rings (SSSR count). The van der Waals surface area contributed by atoms with Crippen LogP contribution in [0.15, 0.2) is 0 Å². The minimum absolute atomic E-state index is 0.157. The number of alkyl halides is 1. The lowest BCUT2D eigenvalue weighted by Gasteiger charge is -2.08. The second kappa shape index (κ2) is 4.10. The van der Waals surface area contributed by atoms with E-state index < -0.39 is 22.5 Å². The smallest absolute Gasteiger partial charge is 0.230 e. The molecule has 0 fully saturated rings. The number of hydrogen-bond acceptors (Lipinski definition) is 2. The fourth-order valence-electron chi connectivity index (χ4n) is 0.393. The van der Waals surface area contributed by atoms with Gasteiger partial charge in [-0.05, 0) is 18.7 Å². The maximum atomic E-state index is 11.5. The first-order valence-electron chi connectivity index (χ1n) is 2.76. The quantitative estimate of drug-likeness (QED) is 0.613. The molecule has 0 aliphatic heterocycles. The van der Waals surface area contributed by atoms with Crippen LogP contribution in [-0.2, 0) is 10.0 Å². The first-order valence-corrected chi connectivity index (χ1v) is 4.71. The van der Waals surface area contributed by atoms with E-state index in [9.17, 15) is 12.8 Å². The predicted octanol–water partition coefficient (Wildman–Crippen LogP) is 0.761. The molecular weight excluding hydrogens is 181 g/mol. The Morgan fingerprint density at radius 3 is 2.40 bits per heavy atom. The predicted molar refractivity (Wildman–Crippen MR) is 38.0 cm³/mol. The Morgan fingerprint density at radius 2 is 2.10 bits per heavy atom. The molecule has 0 saturated heterocycles. The van der Waals surface area contributed by atoms with Gasteiger partial charge in [-0.3, -0.25) is 0 Å². The van der Waals surface area contributed by atoms with Gasteiger partial charge in [-0.15, -0.1) is 3.82 Å². The molecule has 0 aromatic carbocycles. The molecule has 0 atom stereocenters. The van der Waals surface area contributed by atoms with Crippen molar-refractivity contribution in [1.29, 1.82) is 0 Å². The minimum atomic E-state index is -3.54. The third-order valence-electron chi connectivity index (χ3n) is 0.886. The molecule has 0 spiro atoms. The summed E-state index contributed by atoms with van der Waals surface area (Å²) in [6, 6.07) is 0. The molecule has 62 valence electrons. The summed E-state index contributed by atoms with van der Waals surface area (Å²) in [6.45, 7) is 0.832. The highest BCUT2D eigenvalue weighted by molar-refractivity contribution is 7.90. The van der Waals surface area contributed by atoms with Gasteiger partial charge in [-0.2, -0.15) is 0 Å². The van der Waals surface area contributed by atoms with Crippen LogP contribution in [0.2, 0.25) is 0 Å². The van der Waals surface area contributed by atoms with Crippen LogP contribution in [-0.4, -0.2) is 31.2 Å². The van der Waals surface area contributed by atoms with Crippen molar-refractivity contribution in [1.82, 2.24) is 3.82 Å². The second-order valence-electron chi connectivity index (χ2n) is 1.61. The molecule has 0 aliphatic rings. The zero-order valence-corrected chi connectivity index (χ0v) is 7.12. The first-order chi connectivity index (χ1) is 4.54. The van der Waals surface area contributed by atoms with E-state index in [-0.39, 0.29) is 6.54 Å². The van der Waals surface area contributed by atoms with Crippen molar-refractivity contribution >= 4 is 21.8 Å². The molecule has 0 aromatic heterocycles. The largest absolute Gasteiger partial charge is 0.250 e. The number of halogens is 2. The molecule has 0 aromatic rings. The monoisotopic (exact) mass is 189 g/mol. The maximum Gasteiger partial charge on any atom is 0.230 e. The molecule has 0 heterocycles. The van der Waals surface area contributed by atoms with E-state index in [1.807, 2.05) is 0 Å². The molecule has 0 aliphatic carbocycles. The van der Waals surface area contributed by atoms with Crippen molar-refractivity contribution in [2.24, 2.45) is 0 Å². The first kappa shape index (κ1) is 10.1. The van der Waals surface area contributed by atoms with Gasteiger partial charge >= 0.3 is 0 Å². The summed E-state index contributed by atoms with van der Waals surface area (Å²) < 4.78 is 33.6. The lowest BCUT2D eigenvalue weighted by molar-refractivity contribution is 0.499. The Balaban J connectivity index is 4.12. The van der Waals surface area contributed by atoms with Gasteiger partial charge in [0, 0.05) is 6.54 Å². The van der Waals surface area contributed by atoms with Crippen molar-refractivity contribution < 1.29 is 12.8 Å². The van der Waals surface area contributed by atoms with E-state index in [4.69, 9.17) is 11.8 Å². The van der Waals surface area contributed by atoms with Gasteiger partial charge in [0.1, 0.15) is 6.67 Å². The standard InChI is InChI=1S/C4H9ClFNO2S/c1-2-7(5)10(8,9)4-3-6/h2-4H2,1H3. The van der Waals surface area contributed by atoms with Gasteiger partial charge in [0.15, 0.2) is 0 Å². The summed E-state index contributed by atoms with van der Waals surface area (Å²) in [5, 5.41) is 0. The van der Waals surface area contributed by atoms with Crippen molar-refractivity contribution in [2.45, 2.75) is 6.92 Å². The molecular formula is C4H9ClFNO2S. The fourth-order valence-corrected chi connectivity index (χ4v) is 1.39. The van der Waals surface area contributed by atoms with Crippen LogP contribution in [0.1, 0.15) is 6.92 Å². The maximum absolute atomic E-state index is 11.5. The van der Waals surface area contributed by atoms with Crippen LogP contribution >= 0.6 is 11.8 Å². The topological polar surface area (TPSA) is 37.4 Å². The minimum Gasteiger partial charge on any atom is -0.250 e. The van der Waals surface area contributed by atoms with E-state index in [2.05, 4.69) is 0 Å². The highest BCUT2D eigenvalue weighted by Crippen LogP contribution is 2.03. The Morgan fingerprint density at radius 1 is 1.60 bits per heavy atom. The summed E-state index contributed by atoms with van der Waals surface area (Å²) in [4.78, 5) is 0. The molecule has 6 heteroatoms.